The molecule has 1 atom stereocenters. The Bertz CT molecular complexity index is 550. The minimum Gasteiger partial charge on any atom is -0.383 e. The quantitative estimate of drug-likeness (QED) is 0.784. The standard InChI is InChI=1S/C14H18N6/c1-9(2)6-19-20-12(10(3)4)14(7-16,8-17)11(5-15)13(20)18/h6,9-10,12H,18H2,1-4H3/b19-6-/t12-/m0/s1. The molecule has 1 rings (SSSR count). The number of nitrogens with two attached hydrogens (primary N) is 1. The van der Waals surface area contributed by atoms with Crippen molar-refractivity contribution in [3.8, 4) is 18.2 Å². The maximum atomic E-state index is 9.46. The van der Waals surface area contributed by atoms with Crippen LogP contribution >= 0.6 is 0 Å². The Morgan fingerprint density at radius 1 is 1.25 bits per heavy atom. The highest BCUT2D eigenvalue weighted by Gasteiger charge is 2.56. The number of hydrazone groups is 1. The predicted octanol–water partition coefficient (Wildman–Crippen LogP) is 1.70. The summed E-state index contributed by atoms with van der Waals surface area (Å²) in [4.78, 5) is 0. The smallest absolute Gasteiger partial charge is 0.204 e. The van der Waals surface area contributed by atoms with Crippen LogP contribution in [-0.4, -0.2) is 17.3 Å². The molecule has 0 aliphatic carbocycles. The number of hydrogen-bond donors (Lipinski definition) is 1. The zero-order chi connectivity index (χ0) is 15.5. The molecule has 0 spiro atoms. The number of nitriles is 3. The average molecular weight is 270 g/mol. The van der Waals surface area contributed by atoms with Crippen LogP contribution in [0.2, 0.25) is 0 Å². The molecular weight excluding hydrogens is 252 g/mol. The summed E-state index contributed by atoms with van der Waals surface area (Å²) in [5.74, 6) is 0.217. The SMILES string of the molecule is CC(C)/C=N\N1C(N)=C(C#N)C(C#N)(C#N)[C@@H]1C(C)C. The van der Waals surface area contributed by atoms with Crippen LogP contribution in [0, 0.1) is 51.2 Å². The average Bonchev–Trinajstić information content (AvgIpc) is 2.64. The van der Waals surface area contributed by atoms with Crippen molar-refractivity contribution in [3.63, 3.8) is 0 Å². The van der Waals surface area contributed by atoms with Gasteiger partial charge in [-0.25, -0.2) is 5.01 Å². The van der Waals surface area contributed by atoms with E-state index in [1.807, 2.05) is 45.9 Å². The van der Waals surface area contributed by atoms with Gasteiger partial charge >= 0.3 is 0 Å². The molecule has 0 aromatic heterocycles. The second-order valence-electron chi connectivity index (χ2n) is 5.45. The lowest BCUT2D eigenvalue weighted by molar-refractivity contribution is 0.182. The lowest BCUT2D eigenvalue weighted by atomic mass is 9.75. The summed E-state index contributed by atoms with van der Waals surface area (Å²) in [7, 11) is 0. The Kier molecular flexibility index (Phi) is 4.38. The first kappa shape index (κ1) is 15.5. The van der Waals surface area contributed by atoms with Crippen molar-refractivity contribution in [2.75, 3.05) is 0 Å². The van der Waals surface area contributed by atoms with Gasteiger partial charge in [-0.1, -0.05) is 27.7 Å². The van der Waals surface area contributed by atoms with E-state index in [4.69, 9.17) is 5.73 Å². The van der Waals surface area contributed by atoms with E-state index in [0.29, 0.717) is 0 Å². The van der Waals surface area contributed by atoms with Crippen molar-refractivity contribution in [3.05, 3.63) is 11.4 Å². The van der Waals surface area contributed by atoms with Crippen LogP contribution in [0.25, 0.3) is 0 Å². The van der Waals surface area contributed by atoms with E-state index in [1.165, 1.54) is 5.01 Å². The molecule has 0 saturated carbocycles. The molecule has 0 amide bonds. The maximum absolute atomic E-state index is 9.46. The molecule has 6 heteroatoms. The van der Waals surface area contributed by atoms with Gasteiger partial charge in [0.05, 0.1) is 18.2 Å². The Hall–Kier alpha value is -2.52. The number of rotatable bonds is 3. The molecule has 1 aliphatic heterocycles. The Balaban J connectivity index is 3.48. The molecule has 1 aliphatic rings. The molecule has 0 saturated heterocycles. The second kappa shape index (κ2) is 5.63. The van der Waals surface area contributed by atoms with E-state index in [1.54, 1.807) is 6.21 Å². The molecule has 0 unspecified atom stereocenters. The van der Waals surface area contributed by atoms with Crippen LogP contribution in [0.4, 0.5) is 0 Å². The summed E-state index contributed by atoms with van der Waals surface area (Å²) in [5, 5.41) is 33.9. The van der Waals surface area contributed by atoms with Crippen molar-refractivity contribution in [1.82, 2.24) is 5.01 Å². The highest BCUT2D eigenvalue weighted by atomic mass is 15.5. The van der Waals surface area contributed by atoms with Crippen molar-refractivity contribution in [2.45, 2.75) is 33.7 Å². The van der Waals surface area contributed by atoms with Crippen molar-refractivity contribution < 1.29 is 0 Å². The largest absolute Gasteiger partial charge is 0.383 e. The van der Waals surface area contributed by atoms with Gasteiger partial charge in [-0.3, -0.25) is 0 Å². The highest BCUT2D eigenvalue weighted by Crippen LogP contribution is 2.45. The fourth-order valence-electron chi connectivity index (χ4n) is 2.33. The van der Waals surface area contributed by atoms with Gasteiger partial charge in [0.1, 0.15) is 17.5 Å². The van der Waals surface area contributed by atoms with Gasteiger partial charge in [-0.05, 0) is 11.8 Å². The van der Waals surface area contributed by atoms with Gasteiger partial charge in [0.2, 0.25) is 5.41 Å². The molecule has 0 bridgehead atoms. The van der Waals surface area contributed by atoms with Crippen molar-refractivity contribution in [2.24, 2.45) is 28.1 Å². The maximum Gasteiger partial charge on any atom is 0.204 e. The third-order valence-corrected chi connectivity index (χ3v) is 3.19. The van der Waals surface area contributed by atoms with E-state index in [2.05, 4.69) is 5.10 Å². The minimum atomic E-state index is -1.57. The van der Waals surface area contributed by atoms with Gasteiger partial charge in [-0.15, -0.1) is 0 Å². The zero-order valence-corrected chi connectivity index (χ0v) is 12.1. The minimum absolute atomic E-state index is 0.0119. The van der Waals surface area contributed by atoms with E-state index in [-0.39, 0.29) is 23.2 Å². The summed E-state index contributed by atoms with van der Waals surface area (Å²) in [5.41, 5.74) is 4.36. The fourth-order valence-corrected chi connectivity index (χ4v) is 2.33. The van der Waals surface area contributed by atoms with Gasteiger partial charge in [0.25, 0.3) is 0 Å². The molecule has 2 N–H and O–H groups in total. The Morgan fingerprint density at radius 3 is 2.15 bits per heavy atom. The molecule has 6 nitrogen and oxygen atoms in total. The third kappa shape index (κ3) is 2.19. The van der Waals surface area contributed by atoms with E-state index < -0.39 is 11.5 Å². The van der Waals surface area contributed by atoms with Crippen LogP contribution in [0.3, 0.4) is 0 Å². The second-order valence-corrected chi connectivity index (χ2v) is 5.45. The molecule has 104 valence electrons. The highest BCUT2D eigenvalue weighted by molar-refractivity contribution is 5.60. The van der Waals surface area contributed by atoms with Crippen LogP contribution in [0.15, 0.2) is 16.5 Å². The molecule has 0 fully saturated rings. The molecule has 0 aromatic rings. The van der Waals surface area contributed by atoms with E-state index in [9.17, 15) is 15.8 Å². The first-order chi connectivity index (χ1) is 9.35. The molecule has 0 aromatic carbocycles. The monoisotopic (exact) mass is 270 g/mol. The van der Waals surface area contributed by atoms with Gasteiger partial charge in [-0.2, -0.15) is 20.9 Å². The van der Waals surface area contributed by atoms with Crippen molar-refractivity contribution >= 4 is 6.21 Å². The summed E-state index contributed by atoms with van der Waals surface area (Å²) >= 11 is 0. The van der Waals surface area contributed by atoms with Crippen LogP contribution in [0.5, 0.6) is 0 Å². The lowest BCUT2D eigenvalue weighted by Crippen LogP contribution is -2.42. The van der Waals surface area contributed by atoms with E-state index in [0.717, 1.165) is 0 Å². The fraction of sp³-hybridized carbons (Fsp3) is 0.571. The number of hydrogen-bond acceptors (Lipinski definition) is 6. The Morgan fingerprint density at radius 2 is 1.80 bits per heavy atom. The topological polar surface area (TPSA) is 113 Å². The van der Waals surface area contributed by atoms with Crippen LogP contribution < -0.4 is 5.73 Å². The van der Waals surface area contributed by atoms with Crippen LogP contribution in [-0.2, 0) is 0 Å². The molecule has 20 heavy (non-hydrogen) atoms. The summed E-state index contributed by atoms with van der Waals surface area (Å²) in [6, 6.07) is 5.28. The number of nitrogens with zero attached hydrogens (tertiary/aromatic N) is 5. The van der Waals surface area contributed by atoms with E-state index >= 15 is 0 Å². The van der Waals surface area contributed by atoms with Gasteiger partial charge < -0.3 is 5.73 Å². The predicted molar refractivity (Wildman–Crippen MR) is 74.3 cm³/mol. The van der Waals surface area contributed by atoms with Crippen LogP contribution in [0.1, 0.15) is 27.7 Å². The normalized spacial score (nSPS) is 21.4. The molecule has 1 heterocycles. The van der Waals surface area contributed by atoms with Crippen molar-refractivity contribution in [1.29, 1.82) is 15.8 Å². The van der Waals surface area contributed by atoms with Gasteiger partial charge in [0.15, 0.2) is 0 Å². The summed E-state index contributed by atoms with van der Waals surface area (Å²) in [6.45, 7) is 7.66. The first-order valence-electron chi connectivity index (χ1n) is 6.41. The summed E-state index contributed by atoms with van der Waals surface area (Å²) < 4.78 is 0. The Labute approximate surface area is 119 Å². The zero-order valence-electron chi connectivity index (χ0n) is 12.1. The van der Waals surface area contributed by atoms with Gasteiger partial charge in [0, 0.05) is 6.21 Å². The third-order valence-electron chi connectivity index (χ3n) is 3.19. The molecule has 0 radical (unpaired) electrons. The summed E-state index contributed by atoms with van der Waals surface area (Å²) in [6.07, 6.45) is 1.68. The first-order valence-corrected chi connectivity index (χ1v) is 6.41. The lowest BCUT2D eigenvalue weighted by Gasteiger charge is -2.31. The molecular formula is C14H18N6.